The summed E-state index contributed by atoms with van der Waals surface area (Å²) in [5.74, 6) is 0.666. The average molecular weight is 465 g/mol. The van der Waals surface area contributed by atoms with Crippen LogP contribution in [0.1, 0.15) is 57.6 Å². The second-order valence-electron chi connectivity index (χ2n) is 7.12. The van der Waals surface area contributed by atoms with Crippen molar-refractivity contribution >= 4 is 34.1 Å². The molecule has 166 valence electrons. The standard InChI is InChI=1S/C20H25FN6O2S2/c1-6-16-23-25-19(31-16)22-18(28)13(5)30-20-26-24-17(27(20)11(2)3)12(4)29-15-9-7-14(21)8-10-15/h7-13H,6H2,1-5H3,(H,22,25,28). The molecular formula is C20H25FN6O2S2. The van der Waals surface area contributed by atoms with Crippen molar-refractivity contribution in [2.75, 3.05) is 5.32 Å². The van der Waals surface area contributed by atoms with Crippen LogP contribution in [-0.2, 0) is 11.2 Å². The highest BCUT2D eigenvalue weighted by Gasteiger charge is 2.25. The quantitative estimate of drug-likeness (QED) is 0.460. The van der Waals surface area contributed by atoms with Gasteiger partial charge in [0, 0.05) is 6.04 Å². The third-order valence-corrected chi connectivity index (χ3v) is 6.39. The van der Waals surface area contributed by atoms with Crippen molar-refractivity contribution in [3.8, 4) is 5.75 Å². The third kappa shape index (κ3) is 5.79. The number of aromatic nitrogens is 5. The molecule has 2 aromatic heterocycles. The van der Waals surface area contributed by atoms with Gasteiger partial charge in [0.1, 0.15) is 16.6 Å². The Balaban J connectivity index is 1.71. The van der Waals surface area contributed by atoms with Crippen molar-refractivity contribution in [3.05, 3.63) is 40.9 Å². The molecule has 0 saturated heterocycles. The minimum Gasteiger partial charge on any atom is -0.483 e. The molecule has 0 spiro atoms. The molecule has 1 aromatic carbocycles. The summed E-state index contributed by atoms with van der Waals surface area (Å²) in [6, 6.07) is 5.89. The normalized spacial score (nSPS) is 13.3. The van der Waals surface area contributed by atoms with E-state index in [0.717, 1.165) is 11.4 Å². The SMILES string of the molecule is CCc1nnc(NC(=O)C(C)Sc2nnc(C(C)Oc3ccc(F)cc3)n2C(C)C)s1. The molecule has 2 atom stereocenters. The number of carbonyl (C=O) groups is 1. The number of ether oxygens (including phenoxy) is 1. The Kier molecular flexibility index (Phi) is 7.60. The molecule has 2 heterocycles. The minimum absolute atomic E-state index is 0.0531. The van der Waals surface area contributed by atoms with Gasteiger partial charge in [0.05, 0.1) is 5.25 Å². The second kappa shape index (κ2) is 10.2. The smallest absolute Gasteiger partial charge is 0.239 e. The molecule has 0 radical (unpaired) electrons. The first-order valence-corrected chi connectivity index (χ1v) is 11.6. The summed E-state index contributed by atoms with van der Waals surface area (Å²) in [5.41, 5.74) is 0. The average Bonchev–Trinajstić information content (AvgIpc) is 3.36. The third-order valence-electron chi connectivity index (χ3n) is 4.35. The van der Waals surface area contributed by atoms with Crippen molar-refractivity contribution in [1.82, 2.24) is 25.0 Å². The highest BCUT2D eigenvalue weighted by molar-refractivity contribution is 8.00. The lowest BCUT2D eigenvalue weighted by Gasteiger charge is -2.19. The molecule has 2 unspecified atom stereocenters. The van der Waals surface area contributed by atoms with Gasteiger partial charge in [0.15, 0.2) is 17.1 Å². The van der Waals surface area contributed by atoms with E-state index in [1.54, 1.807) is 19.1 Å². The van der Waals surface area contributed by atoms with Crippen molar-refractivity contribution in [2.24, 2.45) is 0 Å². The fraction of sp³-hybridized carbons (Fsp3) is 0.450. The molecular weight excluding hydrogens is 439 g/mol. The van der Waals surface area contributed by atoms with Crippen LogP contribution in [0.25, 0.3) is 0 Å². The first-order chi connectivity index (χ1) is 14.8. The van der Waals surface area contributed by atoms with E-state index in [1.807, 2.05) is 32.3 Å². The van der Waals surface area contributed by atoms with E-state index in [2.05, 4.69) is 25.7 Å². The Morgan fingerprint density at radius 3 is 2.48 bits per heavy atom. The predicted molar refractivity (Wildman–Crippen MR) is 119 cm³/mol. The Morgan fingerprint density at radius 1 is 1.16 bits per heavy atom. The lowest BCUT2D eigenvalue weighted by molar-refractivity contribution is -0.115. The number of aryl methyl sites for hydroxylation is 1. The summed E-state index contributed by atoms with van der Waals surface area (Å²) in [6.07, 6.45) is 0.365. The summed E-state index contributed by atoms with van der Waals surface area (Å²) < 4.78 is 21.0. The van der Waals surface area contributed by atoms with Crippen molar-refractivity contribution in [2.45, 2.75) is 63.6 Å². The topological polar surface area (TPSA) is 94.8 Å². The van der Waals surface area contributed by atoms with Crippen LogP contribution in [0.5, 0.6) is 5.75 Å². The Labute approximate surface area is 188 Å². The molecule has 0 aliphatic heterocycles. The number of carbonyl (C=O) groups excluding carboxylic acids is 1. The number of nitrogens with one attached hydrogen (secondary N) is 1. The maximum absolute atomic E-state index is 13.1. The van der Waals surface area contributed by atoms with Gasteiger partial charge >= 0.3 is 0 Å². The highest BCUT2D eigenvalue weighted by Crippen LogP contribution is 2.30. The fourth-order valence-electron chi connectivity index (χ4n) is 2.77. The van der Waals surface area contributed by atoms with Gasteiger partial charge < -0.3 is 9.30 Å². The summed E-state index contributed by atoms with van der Waals surface area (Å²) >= 11 is 2.68. The second-order valence-corrected chi connectivity index (χ2v) is 9.49. The molecule has 0 aliphatic rings. The highest BCUT2D eigenvalue weighted by atomic mass is 32.2. The van der Waals surface area contributed by atoms with Gasteiger partial charge in [-0.05, 0) is 58.4 Å². The maximum Gasteiger partial charge on any atom is 0.239 e. The van der Waals surface area contributed by atoms with E-state index >= 15 is 0 Å². The van der Waals surface area contributed by atoms with Gasteiger partial charge in [-0.1, -0.05) is 30.0 Å². The zero-order valence-corrected chi connectivity index (χ0v) is 19.6. The molecule has 3 rings (SSSR count). The molecule has 8 nitrogen and oxygen atoms in total. The summed E-state index contributed by atoms with van der Waals surface area (Å²) in [5, 5.41) is 21.0. The first-order valence-electron chi connectivity index (χ1n) is 9.95. The van der Waals surface area contributed by atoms with E-state index in [9.17, 15) is 9.18 Å². The molecule has 0 saturated carbocycles. The Morgan fingerprint density at radius 2 is 1.87 bits per heavy atom. The van der Waals surface area contributed by atoms with Gasteiger partial charge in [-0.2, -0.15) is 0 Å². The number of halogens is 1. The van der Waals surface area contributed by atoms with E-state index in [4.69, 9.17) is 4.74 Å². The van der Waals surface area contributed by atoms with Crippen LogP contribution in [0.15, 0.2) is 29.4 Å². The monoisotopic (exact) mass is 464 g/mol. The van der Waals surface area contributed by atoms with Gasteiger partial charge in [-0.3, -0.25) is 10.1 Å². The minimum atomic E-state index is -0.420. The number of hydrogen-bond acceptors (Lipinski definition) is 8. The lowest BCUT2D eigenvalue weighted by atomic mass is 10.3. The van der Waals surface area contributed by atoms with Crippen LogP contribution < -0.4 is 10.1 Å². The number of hydrogen-bond donors (Lipinski definition) is 1. The number of thioether (sulfide) groups is 1. The predicted octanol–water partition coefficient (Wildman–Crippen LogP) is 4.67. The number of amides is 1. The molecule has 0 fully saturated rings. The largest absolute Gasteiger partial charge is 0.483 e. The fourth-order valence-corrected chi connectivity index (χ4v) is 4.44. The van der Waals surface area contributed by atoms with Gasteiger partial charge in [-0.15, -0.1) is 20.4 Å². The van der Waals surface area contributed by atoms with E-state index in [-0.39, 0.29) is 17.8 Å². The molecule has 11 heteroatoms. The molecule has 1 amide bonds. The van der Waals surface area contributed by atoms with Crippen molar-refractivity contribution in [3.63, 3.8) is 0 Å². The molecule has 31 heavy (non-hydrogen) atoms. The zero-order valence-electron chi connectivity index (χ0n) is 18.0. The summed E-state index contributed by atoms with van der Waals surface area (Å²) in [4.78, 5) is 12.6. The molecule has 1 N–H and O–H groups in total. The van der Waals surface area contributed by atoms with Crippen LogP contribution in [0.3, 0.4) is 0 Å². The number of anilines is 1. The number of benzene rings is 1. The lowest BCUT2D eigenvalue weighted by Crippen LogP contribution is -2.23. The van der Waals surface area contributed by atoms with Gasteiger partial charge in [-0.25, -0.2) is 4.39 Å². The van der Waals surface area contributed by atoms with Crippen molar-refractivity contribution in [1.29, 1.82) is 0 Å². The summed E-state index contributed by atoms with van der Waals surface area (Å²) in [6.45, 7) is 9.68. The van der Waals surface area contributed by atoms with Crippen LogP contribution in [0.2, 0.25) is 0 Å². The van der Waals surface area contributed by atoms with Gasteiger partial charge in [0.25, 0.3) is 0 Å². The number of nitrogens with zero attached hydrogens (tertiary/aromatic N) is 5. The maximum atomic E-state index is 13.1. The Bertz CT molecular complexity index is 1020. The van der Waals surface area contributed by atoms with E-state index in [0.29, 0.717) is 21.9 Å². The zero-order chi connectivity index (χ0) is 22.5. The van der Waals surface area contributed by atoms with E-state index < -0.39 is 11.4 Å². The van der Waals surface area contributed by atoms with Crippen LogP contribution in [0, 0.1) is 5.82 Å². The molecule has 3 aromatic rings. The Hall–Kier alpha value is -2.53. The number of rotatable bonds is 9. The van der Waals surface area contributed by atoms with Crippen LogP contribution in [-0.4, -0.2) is 36.1 Å². The first kappa shape index (κ1) is 23.1. The molecule has 0 aliphatic carbocycles. The van der Waals surface area contributed by atoms with Crippen LogP contribution in [0.4, 0.5) is 9.52 Å². The van der Waals surface area contributed by atoms with Gasteiger partial charge in [0.2, 0.25) is 11.0 Å². The van der Waals surface area contributed by atoms with Crippen molar-refractivity contribution < 1.29 is 13.9 Å². The molecule has 0 bridgehead atoms. The van der Waals surface area contributed by atoms with E-state index in [1.165, 1.54) is 35.2 Å². The van der Waals surface area contributed by atoms with Crippen LogP contribution >= 0.6 is 23.1 Å². The summed E-state index contributed by atoms with van der Waals surface area (Å²) in [7, 11) is 0.